The molecule has 0 unspecified atom stereocenters. The van der Waals surface area contributed by atoms with Crippen LogP contribution < -0.4 is 5.32 Å². The molecule has 0 bridgehead atoms. The maximum Gasteiger partial charge on any atom is 0.408 e. The van der Waals surface area contributed by atoms with Gasteiger partial charge < -0.3 is 10.1 Å². The monoisotopic (exact) mass is 296 g/mol. The van der Waals surface area contributed by atoms with Crippen LogP contribution in [0.3, 0.4) is 0 Å². The summed E-state index contributed by atoms with van der Waals surface area (Å²) in [4.78, 5) is 23.4. The molecule has 2 aromatic carbocycles. The van der Waals surface area contributed by atoms with Gasteiger partial charge in [-0.05, 0) is 17.5 Å². The summed E-state index contributed by atoms with van der Waals surface area (Å²) in [5.74, 6) is -0.347. The third-order valence-corrected chi connectivity index (χ3v) is 3.18. The van der Waals surface area contributed by atoms with E-state index in [4.69, 9.17) is 4.74 Å². The fraction of sp³-hybridized carbons (Fsp3) is 0.167. The van der Waals surface area contributed by atoms with Crippen molar-refractivity contribution in [2.75, 3.05) is 0 Å². The Balaban J connectivity index is 1.88. The molecule has 1 N–H and O–H groups in total. The molecule has 1 atom stereocenters. The second kappa shape index (κ2) is 7.98. The van der Waals surface area contributed by atoms with Gasteiger partial charge in [0.1, 0.15) is 6.61 Å². The summed E-state index contributed by atoms with van der Waals surface area (Å²) in [5, 5.41) is 2.56. The molecule has 0 spiro atoms. The lowest BCUT2D eigenvalue weighted by Gasteiger charge is -2.16. The van der Waals surface area contributed by atoms with Gasteiger partial charge in [-0.25, -0.2) is 4.79 Å². The standard InChI is InChI=1S/C18H18NO3/c1-14(20)17(12-15-8-4-2-5-9-15)19-18(21)22-13-16-10-6-3-7-11-16/h2-11,17H,1,12-13H2,(H,19,21)/t17-/m0/s1. The van der Waals surface area contributed by atoms with Crippen LogP contribution in [0.25, 0.3) is 0 Å². The summed E-state index contributed by atoms with van der Waals surface area (Å²) in [5.41, 5.74) is 1.84. The fourth-order valence-electron chi connectivity index (χ4n) is 2.00. The van der Waals surface area contributed by atoms with E-state index in [0.29, 0.717) is 6.42 Å². The molecule has 0 aliphatic carbocycles. The minimum atomic E-state index is -0.689. The number of nitrogens with one attached hydrogen (secondary N) is 1. The number of ketones is 1. The minimum absolute atomic E-state index is 0.163. The number of hydrogen-bond donors (Lipinski definition) is 1. The number of amides is 1. The van der Waals surface area contributed by atoms with Gasteiger partial charge in [-0.1, -0.05) is 60.7 Å². The van der Waals surface area contributed by atoms with Gasteiger partial charge in [-0.3, -0.25) is 4.79 Å². The van der Waals surface area contributed by atoms with E-state index in [1.807, 2.05) is 60.7 Å². The Morgan fingerprint density at radius 2 is 1.50 bits per heavy atom. The number of benzene rings is 2. The van der Waals surface area contributed by atoms with Crippen LogP contribution in [0, 0.1) is 6.92 Å². The first kappa shape index (κ1) is 15.8. The van der Waals surface area contributed by atoms with Gasteiger partial charge in [0.25, 0.3) is 0 Å². The van der Waals surface area contributed by atoms with Gasteiger partial charge in [-0.15, -0.1) is 0 Å². The molecule has 2 aromatic rings. The van der Waals surface area contributed by atoms with Crippen LogP contribution in [0.5, 0.6) is 0 Å². The first-order valence-electron chi connectivity index (χ1n) is 7.02. The lowest BCUT2D eigenvalue weighted by Crippen LogP contribution is -2.41. The maximum atomic E-state index is 11.8. The van der Waals surface area contributed by atoms with Gasteiger partial charge in [-0.2, -0.15) is 0 Å². The van der Waals surface area contributed by atoms with Crippen molar-refractivity contribution in [1.82, 2.24) is 5.32 Å². The van der Waals surface area contributed by atoms with Crippen molar-refractivity contribution in [3.63, 3.8) is 0 Å². The molecule has 0 saturated carbocycles. The van der Waals surface area contributed by atoms with Crippen molar-refractivity contribution in [3.05, 3.63) is 78.7 Å². The molecular weight excluding hydrogens is 278 g/mol. The Bertz CT molecular complexity index is 611. The van der Waals surface area contributed by atoms with Gasteiger partial charge in [0, 0.05) is 6.92 Å². The summed E-state index contributed by atoms with van der Waals surface area (Å²) < 4.78 is 5.12. The Morgan fingerprint density at radius 3 is 2.05 bits per heavy atom. The molecule has 113 valence electrons. The molecule has 1 radical (unpaired) electrons. The number of ether oxygens (including phenoxy) is 1. The maximum absolute atomic E-state index is 11.8. The zero-order valence-electron chi connectivity index (χ0n) is 12.2. The van der Waals surface area contributed by atoms with Gasteiger partial charge in [0.05, 0.1) is 6.04 Å². The lowest BCUT2D eigenvalue weighted by molar-refractivity contribution is -0.116. The first-order valence-corrected chi connectivity index (χ1v) is 7.02. The van der Waals surface area contributed by atoms with Crippen LogP contribution in [-0.2, 0) is 22.6 Å². The molecular formula is C18H18NO3. The van der Waals surface area contributed by atoms with E-state index < -0.39 is 12.1 Å². The zero-order chi connectivity index (χ0) is 15.8. The number of carbonyl (C=O) groups excluding carboxylic acids is 2. The fourth-order valence-corrected chi connectivity index (χ4v) is 2.00. The average molecular weight is 296 g/mol. The Kier molecular flexibility index (Phi) is 5.72. The number of Topliss-reactive ketones (excluding diaryl/α,β-unsaturated/α-hetero) is 1. The number of carbonyl (C=O) groups is 2. The van der Waals surface area contributed by atoms with Crippen molar-refractivity contribution in [2.24, 2.45) is 0 Å². The summed E-state index contributed by atoms with van der Waals surface area (Å²) in [7, 11) is 0. The van der Waals surface area contributed by atoms with Crippen LogP contribution in [0.1, 0.15) is 11.1 Å². The highest BCUT2D eigenvalue weighted by Crippen LogP contribution is 2.05. The minimum Gasteiger partial charge on any atom is -0.445 e. The SMILES string of the molecule is [CH2]C(=O)[C@H](Cc1ccccc1)NC(=O)OCc1ccccc1. The summed E-state index contributed by atoms with van der Waals surface area (Å²) in [6, 6.07) is 18.1. The van der Waals surface area contributed by atoms with Gasteiger partial charge >= 0.3 is 6.09 Å². The quantitative estimate of drug-likeness (QED) is 0.891. The summed E-state index contributed by atoms with van der Waals surface area (Å²) in [6.07, 6.45) is -0.231. The van der Waals surface area contributed by atoms with Gasteiger partial charge in [0.15, 0.2) is 5.78 Å². The highest BCUT2D eigenvalue weighted by molar-refractivity contribution is 5.90. The van der Waals surface area contributed by atoms with Crippen molar-refractivity contribution in [3.8, 4) is 0 Å². The van der Waals surface area contributed by atoms with E-state index in [0.717, 1.165) is 11.1 Å². The van der Waals surface area contributed by atoms with Crippen LogP contribution in [0.15, 0.2) is 60.7 Å². The summed E-state index contributed by atoms with van der Waals surface area (Å²) >= 11 is 0. The lowest BCUT2D eigenvalue weighted by atomic mass is 10.0. The molecule has 4 heteroatoms. The third-order valence-electron chi connectivity index (χ3n) is 3.18. The molecule has 0 heterocycles. The smallest absolute Gasteiger partial charge is 0.408 e. The van der Waals surface area contributed by atoms with Crippen molar-refractivity contribution in [1.29, 1.82) is 0 Å². The number of hydrogen-bond acceptors (Lipinski definition) is 3. The van der Waals surface area contributed by atoms with Crippen molar-refractivity contribution >= 4 is 11.9 Å². The highest BCUT2D eigenvalue weighted by Gasteiger charge is 2.18. The van der Waals surface area contributed by atoms with E-state index in [2.05, 4.69) is 12.2 Å². The van der Waals surface area contributed by atoms with Crippen LogP contribution in [0.4, 0.5) is 4.79 Å². The highest BCUT2D eigenvalue weighted by atomic mass is 16.5. The van der Waals surface area contributed by atoms with E-state index in [-0.39, 0.29) is 12.4 Å². The predicted molar refractivity (Wildman–Crippen MR) is 84.1 cm³/mol. The molecule has 0 aliphatic heterocycles. The summed E-state index contributed by atoms with van der Waals surface area (Å²) in [6.45, 7) is 3.56. The second-order valence-corrected chi connectivity index (χ2v) is 4.91. The van der Waals surface area contributed by atoms with E-state index in [1.165, 1.54) is 0 Å². The largest absolute Gasteiger partial charge is 0.445 e. The molecule has 0 aliphatic rings. The third kappa shape index (κ3) is 5.05. The Morgan fingerprint density at radius 1 is 0.955 bits per heavy atom. The van der Waals surface area contributed by atoms with E-state index >= 15 is 0 Å². The first-order chi connectivity index (χ1) is 10.6. The second-order valence-electron chi connectivity index (χ2n) is 4.91. The molecule has 0 saturated heterocycles. The van der Waals surface area contributed by atoms with Crippen molar-refractivity contribution in [2.45, 2.75) is 19.1 Å². The molecule has 1 amide bonds. The normalized spacial score (nSPS) is 11.5. The Hall–Kier alpha value is -2.62. The van der Waals surface area contributed by atoms with Crippen LogP contribution >= 0.6 is 0 Å². The predicted octanol–water partition coefficient (Wildman–Crippen LogP) is 2.93. The van der Waals surface area contributed by atoms with Crippen LogP contribution in [-0.4, -0.2) is 17.9 Å². The number of rotatable bonds is 6. The Labute approximate surface area is 130 Å². The number of alkyl carbamates (subject to hydrolysis) is 1. The van der Waals surface area contributed by atoms with Gasteiger partial charge in [0.2, 0.25) is 0 Å². The average Bonchev–Trinajstić information content (AvgIpc) is 2.54. The van der Waals surface area contributed by atoms with E-state index in [9.17, 15) is 9.59 Å². The molecule has 22 heavy (non-hydrogen) atoms. The molecule has 0 fully saturated rings. The molecule has 2 rings (SSSR count). The molecule has 0 aromatic heterocycles. The van der Waals surface area contributed by atoms with Crippen LogP contribution in [0.2, 0.25) is 0 Å². The zero-order valence-corrected chi connectivity index (χ0v) is 12.2. The topological polar surface area (TPSA) is 55.4 Å². The molecule has 4 nitrogen and oxygen atoms in total. The van der Waals surface area contributed by atoms with E-state index in [1.54, 1.807) is 0 Å². The van der Waals surface area contributed by atoms with Crippen molar-refractivity contribution < 1.29 is 14.3 Å².